The second-order valence-corrected chi connectivity index (χ2v) is 49.9. The van der Waals surface area contributed by atoms with Crippen LogP contribution in [0.1, 0.15) is 239 Å². The maximum atomic E-state index is 8.68. The summed E-state index contributed by atoms with van der Waals surface area (Å²) in [5.74, 6) is 0. The van der Waals surface area contributed by atoms with Crippen LogP contribution in [0.25, 0.3) is 0 Å². The Morgan fingerprint density at radius 2 is 0.354 bits per heavy atom. The summed E-state index contributed by atoms with van der Waals surface area (Å²) >= 11 is 0. The van der Waals surface area contributed by atoms with Gasteiger partial charge in [-0.1, -0.05) is 149 Å². The summed E-state index contributed by atoms with van der Waals surface area (Å²) in [7, 11) is -31.7. The molecule has 0 unspecified atom stereocenters. The van der Waals surface area contributed by atoms with E-state index in [1.54, 1.807) is 0 Å². The highest BCUT2D eigenvalue weighted by atomic mass is 28.6. The molecule has 8 bridgehead atoms. The molecule has 7 aliphatic carbocycles. The summed E-state index contributed by atoms with van der Waals surface area (Å²) in [5, 5.41) is 0. The summed E-state index contributed by atoms with van der Waals surface area (Å²) in [5.41, 5.74) is 0.300. The van der Waals surface area contributed by atoms with Crippen molar-refractivity contribution in [2.75, 3.05) is 0 Å². The standard InChI is InChI=1S/C45H84O12Si8/c1-38(2)58-46-59(39-24-10-3-11-25-39)49-62(42-30-16-6-17-31-42)51-60(47-58,40-26-12-4-13-27-40)53-64(44-34-20-8-21-35-44)54-61(48-58,41-28-14-5-15-29-41)52-63(50-59,43-32-18-7-19-33-43)56-65(55-62,57-64)45-36-22-9-23-37-45/h38-45H,3-37H2,1-2H3. The average molecular weight is 1040 g/mol. The Kier molecular flexibility index (Phi) is 13.5. The fourth-order valence-corrected chi connectivity index (χ4v) is 71.8. The molecular weight excluding hydrogens is 957 g/mol. The van der Waals surface area contributed by atoms with Crippen LogP contribution in [0.15, 0.2) is 0 Å². The predicted octanol–water partition coefficient (Wildman–Crippen LogP) is 13.5. The minimum Gasteiger partial charge on any atom is -0.373 e. The molecule has 0 aromatic carbocycles. The van der Waals surface area contributed by atoms with Gasteiger partial charge in [-0.3, -0.25) is 0 Å². The lowest BCUT2D eigenvalue weighted by molar-refractivity contribution is -0.0529. The van der Waals surface area contributed by atoms with Crippen LogP contribution >= 0.6 is 0 Å². The molecule has 368 valence electrons. The van der Waals surface area contributed by atoms with Crippen molar-refractivity contribution in [3.05, 3.63) is 0 Å². The van der Waals surface area contributed by atoms with Crippen LogP contribution in [0.2, 0.25) is 44.3 Å². The van der Waals surface area contributed by atoms with E-state index in [4.69, 9.17) is 49.4 Å². The summed E-state index contributed by atoms with van der Waals surface area (Å²) in [6.45, 7) is 4.56. The van der Waals surface area contributed by atoms with Gasteiger partial charge in [-0.25, -0.2) is 0 Å². The first-order chi connectivity index (χ1) is 31.7. The van der Waals surface area contributed by atoms with Crippen molar-refractivity contribution < 1.29 is 49.4 Å². The minimum atomic E-state index is -3.96. The molecule has 0 radical (unpaired) electrons. The van der Waals surface area contributed by atoms with E-state index in [-0.39, 0.29) is 44.3 Å². The molecule has 0 N–H and O–H groups in total. The monoisotopic (exact) mass is 1040 g/mol. The third-order valence-electron chi connectivity index (χ3n) is 18.9. The molecule has 12 nitrogen and oxygen atoms in total. The van der Waals surface area contributed by atoms with Crippen molar-refractivity contribution in [3.8, 4) is 0 Å². The number of hydrogen-bond acceptors (Lipinski definition) is 12. The predicted molar refractivity (Wildman–Crippen MR) is 262 cm³/mol. The van der Waals surface area contributed by atoms with Crippen LogP contribution in [-0.2, 0) is 49.4 Å². The summed E-state index contributed by atoms with van der Waals surface area (Å²) < 4.78 is 103. The molecule has 65 heavy (non-hydrogen) atoms. The Morgan fingerprint density at radius 1 is 0.215 bits per heavy atom. The highest BCUT2D eigenvalue weighted by Crippen LogP contribution is 2.66. The first-order valence-corrected chi connectivity index (χ1v) is 42.5. The van der Waals surface area contributed by atoms with E-state index in [0.717, 1.165) is 180 Å². The maximum Gasteiger partial charge on any atom is 0.482 e. The molecule has 13 rings (SSSR count). The highest BCUT2D eigenvalue weighted by Gasteiger charge is 2.88. The van der Waals surface area contributed by atoms with Gasteiger partial charge in [0.25, 0.3) is 0 Å². The lowest BCUT2D eigenvalue weighted by atomic mass is 10.0. The van der Waals surface area contributed by atoms with Crippen LogP contribution in [0, 0.1) is 0 Å². The van der Waals surface area contributed by atoms with Gasteiger partial charge >= 0.3 is 70.4 Å². The molecule has 6 saturated heterocycles. The quantitative estimate of drug-likeness (QED) is 0.216. The van der Waals surface area contributed by atoms with Crippen LogP contribution in [-0.4, -0.2) is 70.4 Å². The van der Waals surface area contributed by atoms with Crippen LogP contribution in [0.4, 0.5) is 0 Å². The lowest BCUT2D eigenvalue weighted by Gasteiger charge is -2.68. The molecule has 0 spiro atoms. The first kappa shape index (κ1) is 47.3. The molecule has 7 saturated carbocycles. The Labute approximate surface area is 400 Å². The van der Waals surface area contributed by atoms with Gasteiger partial charge in [-0.05, 0) is 89.9 Å². The van der Waals surface area contributed by atoms with Crippen LogP contribution < -0.4 is 0 Å². The third-order valence-corrected chi connectivity index (χ3v) is 58.6. The SMILES string of the molecule is CC(C)[Si]12O[Si]3(C4CCCCC4)O[Si]4(C5CCCCC5)O[Si](C5CCCCC5)(O1)O[Si]1(C5CCCCC5)O[Si](C5CCCCC5)(O2)O[Si](C2CCCCC2)(O3)O[Si](C2CCCCC2)(O4)O1. The van der Waals surface area contributed by atoms with E-state index in [1.165, 1.54) is 44.9 Å². The van der Waals surface area contributed by atoms with Gasteiger partial charge in [0.1, 0.15) is 0 Å². The van der Waals surface area contributed by atoms with Gasteiger partial charge < -0.3 is 49.4 Å². The van der Waals surface area contributed by atoms with Gasteiger partial charge in [0.15, 0.2) is 0 Å². The van der Waals surface area contributed by atoms with Crippen LogP contribution in [0.3, 0.4) is 0 Å². The molecule has 20 heteroatoms. The van der Waals surface area contributed by atoms with Gasteiger partial charge in [0, 0.05) is 44.3 Å². The average Bonchev–Trinajstić information content (AvgIpc) is 3.32. The van der Waals surface area contributed by atoms with E-state index in [2.05, 4.69) is 13.8 Å². The van der Waals surface area contributed by atoms with Crippen molar-refractivity contribution in [2.24, 2.45) is 0 Å². The van der Waals surface area contributed by atoms with Crippen molar-refractivity contribution in [3.63, 3.8) is 0 Å². The number of rotatable bonds is 8. The van der Waals surface area contributed by atoms with Gasteiger partial charge in [0.2, 0.25) is 0 Å². The van der Waals surface area contributed by atoms with E-state index in [1.807, 2.05) is 0 Å². The molecule has 6 heterocycles. The van der Waals surface area contributed by atoms with Gasteiger partial charge in [-0.15, -0.1) is 0 Å². The molecule has 0 aromatic heterocycles. The molecule has 0 amide bonds. The molecule has 6 aliphatic heterocycles. The molecule has 13 fully saturated rings. The lowest BCUT2D eigenvalue weighted by Crippen LogP contribution is -2.91. The normalized spacial score (nSPS) is 47.3. The zero-order valence-corrected chi connectivity index (χ0v) is 48.3. The Bertz CT molecular complexity index is 1470. The second kappa shape index (κ2) is 18.6. The van der Waals surface area contributed by atoms with Gasteiger partial charge in [-0.2, -0.15) is 0 Å². The first-order valence-electron chi connectivity index (χ1n) is 28.1. The molecule has 0 atom stereocenters. The zero-order chi connectivity index (χ0) is 43.9. The molecule has 13 aliphatic rings. The topological polar surface area (TPSA) is 111 Å². The zero-order valence-electron chi connectivity index (χ0n) is 40.3. The minimum absolute atomic E-state index is 0.0558. The largest absolute Gasteiger partial charge is 0.482 e. The van der Waals surface area contributed by atoms with E-state index in [0.29, 0.717) is 0 Å². The number of hydrogen-bond donors (Lipinski definition) is 0. The van der Waals surface area contributed by atoms with Crippen LogP contribution in [0.5, 0.6) is 0 Å². The fraction of sp³-hybridized carbons (Fsp3) is 1.00. The van der Waals surface area contributed by atoms with Crippen molar-refractivity contribution in [2.45, 2.75) is 283 Å². The summed E-state index contributed by atoms with van der Waals surface area (Å²) in [4.78, 5) is 0. The van der Waals surface area contributed by atoms with Crippen molar-refractivity contribution >= 4 is 70.4 Å². The second-order valence-electron chi connectivity index (χ2n) is 23.6. The van der Waals surface area contributed by atoms with E-state index < -0.39 is 70.4 Å². The van der Waals surface area contributed by atoms with E-state index in [9.17, 15) is 0 Å². The van der Waals surface area contributed by atoms with Crippen molar-refractivity contribution in [1.82, 2.24) is 0 Å². The molecular formula is C45H84O12Si8. The Balaban J connectivity index is 1.19. The summed E-state index contributed by atoms with van der Waals surface area (Å²) in [6.07, 6.45) is 38.2. The summed E-state index contributed by atoms with van der Waals surface area (Å²) in [6, 6.07) is 0. The van der Waals surface area contributed by atoms with Crippen molar-refractivity contribution in [1.29, 1.82) is 0 Å². The van der Waals surface area contributed by atoms with Gasteiger partial charge in [0.05, 0.1) is 0 Å². The van der Waals surface area contributed by atoms with E-state index >= 15 is 0 Å². The third kappa shape index (κ3) is 8.31. The molecule has 0 aromatic rings. The smallest absolute Gasteiger partial charge is 0.373 e. The maximum absolute atomic E-state index is 8.68. The Hall–Kier alpha value is 1.26. The fourth-order valence-electron chi connectivity index (χ4n) is 15.2. The highest BCUT2D eigenvalue weighted by molar-refractivity contribution is 7.04. The Morgan fingerprint density at radius 3 is 0.492 bits per heavy atom.